The van der Waals surface area contributed by atoms with Crippen LogP contribution in [0.3, 0.4) is 0 Å². The van der Waals surface area contributed by atoms with Crippen molar-refractivity contribution in [2.75, 3.05) is 16.6 Å². The van der Waals surface area contributed by atoms with Crippen molar-refractivity contribution in [1.29, 1.82) is 0 Å². The van der Waals surface area contributed by atoms with Gasteiger partial charge >= 0.3 is 0 Å². The van der Waals surface area contributed by atoms with Gasteiger partial charge in [-0.3, -0.25) is 4.31 Å². The summed E-state index contributed by atoms with van der Waals surface area (Å²) in [6.07, 6.45) is 0. The number of nitrogen functional groups attached to an aromatic ring is 1. The molecule has 2 aromatic rings. The molecule has 0 radical (unpaired) electrons. The third-order valence-corrected chi connectivity index (χ3v) is 4.86. The quantitative estimate of drug-likeness (QED) is 0.883. The van der Waals surface area contributed by atoms with Crippen molar-refractivity contribution in [3.8, 4) is 0 Å². The molecule has 0 amide bonds. The highest BCUT2D eigenvalue weighted by atomic mass is 32.2. The molecule has 0 spiro atoms. The van der Waals surface area contributed by atoms with Gasteiger partial charge in [-0.15, -0.1) is 0 Å². The molecular weight excluding hydrogens is 298 g/mol. The first-order valence-corrected chi connectivity index (χ1v) is 7.64. The number of nitrogens with zero attached hydrogens (tertiary/aromatic N) is 1. The van der Waals surface area contributed by atoms with Gasteiger partial charge in [-0.1, -0.05) is 12.1 Å². The van der Waals surface area contributed by atoms with Crippen molar-refractivity contribution in [3.05, 3.63) is 54.1 Å². The Morgan fingerprint density at radius 2 is 1.76 bits per heavy atom. The van der Waals surface area contributed by atoms with E-state index in [-0.39, 0.29) is 17.1 Å². The molecule has 21 heavy (non-hydrogen) atoms. The fourth-order valence-corrected chi connectivity index (χ4v) is 3.46. The van der Waals surface area contributed by atoms with Gasteiger partial charge in [0, 0.05) is 6.54 Å². The first kappa shape index (κ1) is 15.2. The SMILES string of the molecule is CCN(c1ccccc1N)S(=O)(=O)c1ccc(F)c(F)c1. The number of hydrogen-bond donors (Lipinski definition) is 1. The second kappa shape index (κ2) is 5.69. The number of benzene rings is 2. The van der Waals surface area contributed by atoms with E-state index >= 15 is 0 Å². The lowest BCUT2D eigenvalue weighted by atomic mass is 10.3. The number of anilines is 2. The van der Waals surface area contributed by atoms with Crippen LogP contribution in [0.2, 0.25) is 0 Å². The van der Waals surface area contributed by atoms with E-state index in [0.717, 1.165) is 16.4 Å². The summed E-state index contributed by atoms with van der Waals surface area (Å²) in [5, 5.41) is 0. The van der Waals surface area contributed by atoms with Gasteiger partial charge in [0.15, 0.2) is 11.6 Å². The van der Waals surface area contributed by atoms with Crippen LogP contribution in [0.15, 0.2) is 47.4 Å². The number of sulfonamides is 1. The summed E-state index contributed by atoms with van der Waals surface area (Å²) in [7, 11) is -4.02. The Kier molecular flexibility index (Phi) is 4.13. The summed E-state index contributed by atoms with van der Waals surface area (Å²) >= 11 is 0. The van der Waals surface area contributed by atoms with E-state index < -0.39 is 21.7 Å². The summed E-state index contributed by atoms with van der Waals surface area (Å²) in [6, 6.07) is 8.91. The Bertz CT molecular complexity index is 763. The van der Waals surface area contributed by atoms with Gasteiger partial charge in [-0.25, -0.2) is 17.2 Å². The van der Waals surface area contributed by atoms with Crippen LogP contribution in [0, 0.1) is 11.6 Å². The maximum atomic E-state index is 13.3. The highest BCUT2D eigenvalue weighted by Crippen LogP contribution is 2.28. The van der Waals surface area contributed by atoms with E-state index in [9.17, 15) is 17.2 Å². The second-order valence-corrected chi connectivity index (χ2v) is 6.17. The highest BCUT2D eigenvalue weighted by molar-refractivity contribution is 7.92. The third-order valence-electron chi connectivity index (χ3n) is 2.97. The average Bonchev–Trinajstić information content (AvgIpc) is 2.44. The summed E-state index contributed by atoms with van der Waals surface area (Å²) in [6.45, 7) is 1.74. The number of halogens is 2. The first-order valence-electron chi connectivity index (χ1n) is 6.20. The molecule has 0 fully saturated rings. The molecule has 0 aliphatic heterocycles. The van der Waals surface area contributed by atoms with Crippen LogP contribution < -0.4 is 10.0 Å². The van der Waals surface area contributed by atoms with E-state index in [1.54, 1.807) is 31.2 Å². The van der Waals surface area contributed by atoms with Crippen LogP contribution in [0.25, 0.3) is 0 Å². The number of nitrogens with two attached hydrogens (primary N) is 1. The normalized spacial score (nSPS) is 11.4. The van der Waals surface area contributed by atoms with Gasteiger partial charge in [0.25, 0.3) is 10.0 Å². The topological polar surface area (TPSA) is 63.4 Å². The smallest absolute Gasteiger partial charge is 0.264 e. The molecule has 0 aromatic heterocycles. The Hall–Kier alpha value is -2.15. The Morgan fingerprint density at radius 3 is 2.33 bits per heavy atom. The standard InChI is InChI=1S/C14H14F2N2O2S/c1-2-18(14-6-4-3-5-13(14)17)21(19,20)10-7-8-11(15)12(16)9-10/h3-9H,2,17H2,1H3. The zero-order valence-electron chi connectivity index (χ0n) is 11.3. The third kappa shape index (κ3) is 2.82. The molecule has 4 nitrogen and oxygen atoms in total. The number of rotatable bonds is 4. The summed E-state index contributed by atoms with van der Waals surface area (Å²) in [5.74, 6) is -2.32. The zero-order valence-corrected chi connectivity index (χ0v) is 12.1. The molecule has 0 bridgehead atoms. The lowest BCUT2D eigenvalue weighted by Crippen LogP contribution is -2.31. The first-order chi connectivity index (χ1) is 9.87. The highest BCUT2D eigenvalue weighted by Gasteiger charge is 2.25. The maximum Gasteiger partial charge on any atom is 0.264 e. The van der Waals surface area contributed by atoms with E-state index in [1.165, 1.54) is 0 Å². The van der Waals surface area contributed by atoms with E-state index in [0.29, 0.717) is 11.8 Å². The van der Waals surface area contributed by atoms with Gasteiger partial charge < -0.3 is 5.73 Å². The molecule has 0 aliphatic carbocycles. The molecule has 0 aliphatic rings. The zero-order chi connectivity index (χ0) is 15.6. The number of para-hydroxylation sites is 2. The predicted molar refractivity (Wildman–Crippen MR) is 77.4 cm³/mol. The van der Waals surface area contributed by atoms with Crippen molar-refractivity contribution in [2.45, 2.75) is 11.8 Å². The van der Waals surface area contributed by atoms with Crippen molar-refractivity contribution >= 4 is 21.4 Å². The average molecular weight is 312 g/mol. The van der Waals surface area contributed by atoms with Crippen LogP contribution in [0.4, 0.5) is 20.2 Å². The van der Waals surface area contributed by atoms with Crippen LogP contribution in [-0.4, -0.2) is 15.0 Å². The molecule has 7 heteroatoms. The fraction of sp³-hybridized carbons (Fsp3) is 0.143. The molecule has 2 rings (SSSR count). The van der Waals surface area contributed by atoms with Crippen LogP contribution >= 0.6 is 0 Å². The van der Waals surface area contributed by atoms with Gasteiger partial charge in [0.1, 0.15) is 0 Å². The second-order valence-electron chi connectivity index (χ2n) is 4.30. The van der Waals surface area contributed by atoms with E-state index in [1.807, 2.05) is 0 Å². The van der Waals surface area contributed by atoms with Crippen LogP contribution in [0.5, 0.6) is 0 Å². The fourth-order valence-electron chi connectivity index (χ4n) is 1.95. The molecule has 0 atom stereocenters. The summed E-state index contributed by atoms with van der Waals surface area (Å²) < 4.78 is 52.4. The van der Waals surface area contributed by atoms with Crippen molar-refractivity contribution in [3.63, 3.8) is 0 Å². The monoisotopic (exact) mass is 312 g/mol. The minimum absolute atomic E-state index is 0.107. The van der Waals surface area contributed by atoms with Crippen molar-refractivity contribution in [1.82, 2.24) is 0 Å². The molecule has 0 unspecified atom stereocenters. The number of hydrogen-bond acceptors (Lipinski definition) is 3. The van der Waals surface area contributed by atoms with E-state index in [4.69, 9.17) is 5.73 Å². The molecule has 0 heterocycles. The Morgan fingerprint density at radius 1 is 1.10 bits per heavy atom. The summed E-state index contributed by atoms with van der Waals surface area (Å²) in [5.41, 5.74) is 6.36. The minimum Gasteiger partial charge on any atom is -0.397 e. The largest absolute Gasteiger partial charge is 0.397 e. The van der Waals surface area contributed by atoms with E-state index in [2.05, 4.69) is 0 Å². The van der Waals surface area contributed by atoms with Crippen LogP contribution in [-0.2, 0) is 10.0 Å². The Labute approximate surface area is 121 Å². The summed E-state index contributed by atoms with van der Waals surface area (Å²) in [4.78, 5) is -0.327. The molecule has 2 aromatic carbocycles. The molecule has 0 saturated carbocycles. The lowest BCUT2D eigenvalue weighted by Gasteiger charge is -2.24. The van der Waals surface area contributed by atoms with Crippen molar-refractivity contribution in [2.24, 2.45) is 0 Å². The lowest BCUT2D eigenvalue weighted by molar-refractivity contribution is 0.504. The van der Waals surface area contributed by atoms with Gasteiger partial charge in [0.2, 0.25) is 0 Å². The molecule has 112 valence electrons. The van der Waals surface area contributed by atoms with Gasteiger partial charge in [-0.2, -0.15) is 0 Å². The predicted octanol–water partition coefficient (Wildman–Crippen LogP) is 2.76. The van der Waals surface area contributed by atoms with Gasteiger partial charge in [-0.05, 0) is 37.3 Å². The van der Waals surface area contributed by atoms with Crippen LogP contribution in [0.1, 0.15) is 6.92 Å². The maximum absolute atomic E-state index is 13.3. The minimum atomic E-state index is -4.02. The molecule has 0 saturated heterocycles. The van der Waals surface area contributed by atoms with Crippen molar-refractivity contribution < 1.29 is 17.2 Å². The van der Waals surface area contributed by atoms with Gasteiger partial charge in [0.05, 0.1) is 16.3 Å². The Balaban J connectivity index is 2.55. The molecule has 2 N–H and O–H groups in total. The molecular formula is C14H14F2N2O2S.